The van der Waals surface area contributed by atoms with Gasteiger partial charge < -0.3 is 20.5 Å². The lowest BCUT2D eigenvalue weighted by Crippen LogP contribution is -2.06. The van der Waals surface area contributed by atoms with Crippen molar-refractivity contribution in [1.29, 1.82) is 0 Å². The summed E-state index contributed by atoms with van der Waals surface area (Å²) in [5, 5.41) is 11.5. The van der Waals surface area contributed by atoms with Gasteiger partial charge in [0.15, 0.2) is 5.82 Å². The van der Waals surface area contributed by atoms with Gasteiger partial charge in [0.1, 0.15) is 28.9 Å². The average Bonchev–Trinajstić information content (AvgIpc) is 3.24. The maximum absolute atomic E-state index is 12.1. The van der Waals surface area contributed by atoms with Crippen molar-refractivity contribution in [2.45, 2.75) is 0 Å². The molecule has 0 bridgehead atoms. The largest absolute Gasteiger partial charge is 0.496 e. The predicted octanol–water partition coefficient (Wildman–Crippen LogP) is 2.96. The van der Waals surface area contributed by atoms with Crippen LogP contribution in [0.25, 0.3) is 27.9 Å². The zero-order valence-electron chi connectivity index (χ0n) is 17.9. The van der Waals surface area contributed by atoms with Gasteiger partial charge in [0.05, 0.1) is 14.2 Å². The first-order valence-electron chi connectivity index (χ1n) is 9.77. The molecule has 0 spiro atoms. The summed E-state index contributed by atoms with van der Waals surface area (Å²) in [6.45, 7) is 3.45. The van der Waals surface area contributed by atoms with Gasteiger partial charge >= 0.3 is 5.97 Å². The predicted molar refractivity (Wildman–Crippen MR) is 123 cm³/mol. The second-order valence-electron chi connectivity index (χ2n) is 6.88. The van der Waals surface area contributed by atoms with Crippen LogP contribution in [-0.4, -0.2) is 45.9 Å². The Hall–Kier alpha value is -4.73. The zero-order valence-corrected chi connectivity index (χ0v) is 17.9. The molecule has 0 saturated heterocycles. The monoisotopic (exact) mass is 444 g/mol. The van der Waals surface area contributed by atoms with Crippen molar-refractivity contribution in [1.82, 2.24) is 19.8 Å². The number of carbonyl (C=O) groups is 2. The van der Waals surface area contributed by atoms with Gasteiger partial charge in [-0.15, -0.1) is 14.8 Å². The fourth-order valence-corrected chi connectivity index (χ4v) is 3.42. The molecule has 3 N–H and O–H groups in total. The van der Waals surface area contributed by atoms with Crippen molar-refractivity contribution >= 4 is 28.9 Å². The van der Waals surface area contributed by atoms with Crippen LogP contribution in [0.5, 0.6) is 5.75 Å². The van der Waals surface area contributed by atoms with Crippen LogP contribution >= 0.6 is 0 Å². The molecule has 0 atom stereocenters. The van der Waals surface area contributed by atoms with Crippen molar-refractivity contribution in [3.63, 3.8) is 0 Å². The number of aromatic nitrogens is 4. The van der Waals surface area contributed by atoms with Crippen LogP contribution in [0.1, 0.15) is 10.4 Å². The molecule has 0 aliphatic carbocycles. The minimum absolute atomic E-state index is 0.240. The molecular weight excluding hydrogens is 424 g/mol. The highest BCUT2D eigenvalue weighted by molar-refractivity contribution is 6.00. The van der Waals surface area contributed by atoms with Gasteiger partial charge in [-0.1, -0.05) is 24.8 Å². The van der Waals surface area contributed by atoms with E-state index in [1.54, 1.807) is 30.3 Å². The number of ether oxygens (including phenoxy) is 2. The van der Waals surface area contributed by atoms with E-state index >= 15 is 0 Å². The Balaban J connectivity index is 1.90. The summed E-state index contributed by atoms with van der Waals surface area (Å²) in [5.74, 6) is -0.248. The second kappa shape index (κ2) is 8.79. The minimum Gasteiger partial charge on any atom is -0.496 e. The highest BCUT2D eigenvalue weighted by Crippen LogP contribution is 2.39. The summed E-state index contributed by atoms with van der Waals surface area (Å²) in [7, 11) is 2.77. The van der Waals surface area contributed by atoms with E-state index in [2.05, 4.69) is 27.1 Å². The molecule has 166 valence electrons. The lowest BCUT2D eigenvalue weighted by atomic mass is 9.98. The van der Waals surface area contributed by atoms with Gasteiger partial charge in [0.25, 0.3) is 0 Å². The van der Waals surface area contributed by atoms with Crippen LogP contribution in [0.4, 0.5) is 11.5 Å². The molecule has 10 heteroatoms. The Labute approximate surface area is 188 Å². The number of benzene rings is 2. The molecule has 2 heterocycles. The number of nitrogens with two attached hydrogens (primary N) is 1. The molecule has 0 unspecified atom stereocenters. The maximum atomic E-state index is 12.1. The average molecular weight is 444 g/mol. The third-order valence-electron chi connectivity index (χ3n) is 4.98. The van der Waals surface area contributed by atoms with E-state index in [-0.39, 0.29) is 17.3 Å². The zero-order chi connectivity index (χ0) is 23.5. The number of nitrogen functional groups attached to an aromatic ring is 1. The first-order valence-corrected chi connectivity index (χ1v) is 9.77. The first kappa shape index (κ1) is 21.5. The van der Waals surface area contributed by atoms with E-state index in [0.717, 1.165) is 5.56 Å². The van der Waals surface area contributed by atoms with E-state index in [1.165, 1.54) is 31.3 Å². The van der Waals surface area contributed by atoms with Gasteiger partial charge in [0, 0.05) is 16.8 Å². The molecule has 4 aromatic rings. The fraction of sp³-hybridized carbons (Fsp3) is 0.0870. The quantitative estimate of drug-likeness (QED) is 0.342. The topological polar surface area (TPSA) is 134 Å². The van der Waals surface area contributed by atoms with Crippen molar-refractivity contribution in [2.75, 3.05) is 25.3 Å². The fourth-order valence-electron chi connectivity index (χ4n) is 3.42. The van der Waals surface area contributed by atoms with Crippen LogP contribution in [0.15, 0.2) is 61.4 Å². The third kappa shape index (κ3) is 3.97. The number of nitrogens with zero attached hydrogens (tertiary/aromatic N) is 4. The number of fused-ring (bicyclic) bond motifs is 1. The van der Waals surface area contributed by atoms with Crippen LogP contribution < -0.4 is 15.8 Å². The van der Waals surface area contributed by atoms with E-state index in [4.69, 9.17) is 15.2 Å². The maximum Gasteiger partial charge on any atom is 0.341 e. The SMILES string of the molecule is C=CC(=O)Nc1ccc(-c2nn3ncnc(N)c3c2-c2ccc(C(=O)OC)c(OC)c2)cc1. The number of hydrogen-bond acceptors (Lipinski definition) is 8. The Morgan fingerprint density at radius 2 is 1.85 bits per heavy atom. The normalized spacial score (nSPS) is 10.6. The summed E-state index contributed by atoms with van der Waals surface area (Å²) >= 11 is 0. The van der Waals surface area contributed by atoms with Crippen molar-refractivity contribution < 1.29 is 19.1 Å². The molecule has 4 rings (SSSR count). The lowest BCUT2D eigenvalue weighted by Gasteiger charge is -2.11. The molecule has 0 fully saturated rings. The van der Waals surface area contributed by atoms with Crippen LogP contribution in [0.2, 0.25) is 0 Å². The van der Waals surface area contributed by atoms with Crippen LogP contribution in [0, 0.1) is 0 Å². The standard InChI is InChI=1S/C23H20N6O4/c1-4-18(30)27-15-8-5-13(6-9-15)20-19(21-22(24)25-12-26-29(21)28-20)14-7-10-16(23(31)33-3)17(11-14)32-2/h4-12H,1H2,2-3H3,(H,27,30)(H2,24,25,26). The van der Waals surface area contributed by atoms with Crippen LogP contribution in [0.3, 0.4) is 0 Å². The summed E-state index contributed by atoms with van der Waals surface area (Å²) < 4.78 is 11.7. The molecule has 0 saturated carbocycles. The van der Waals surface area contributed by atoms with Gasteiger partial charge in [0.2, 0.25) is 5.91 Å². The Bertz CT molecular complexity index is 1380. The number of esters is 1. The number of rotatable bonds is 6. The molecule has 33 heavy (non-hydrogen) atoms. The van der Waals surface area contributed by atoms with Gasteiger partial charge in [-0.3, -0.25) is 4.79 Å². The van der Waals surface area contributed by atoms with E-state index in [0.29, 0.717) is 33.8 Å². The molecule has 2 aromatic carbocycles. The molecular formula is C23H20N6O4. The van der Waals surface area contributed by atoms with Crippen molar-refractivity contribution in [3.05, 3.63) is 67.0 Å². The molecule has 1 amide bonds. The molecule has 0 aliphatic rings. The first-order chi connectivity index (χ1) is 16.0. The van der Waals surface area contributed by atoms with Gasteiger partial charge in [-0.2, -0.15) is 0 Å². The highest BCUT2D eigenvalue weighted by atomic mass is 16.5. The van der Waals surface area contributed by atoms with E-state index in [9.17, 15) is 9.59 Å². The number of anilines is 2. The highest BCUT2D eigenvalue weighted by Gasteiger charge is 2.22. The third-order valence-corrected chi connectivity index (χ3v) is 4.98. The number of carbonyl (C=O) groups excluding carboxylic acids is 2. The van der Waals surface area contributed by atoms with Gasteiger partial charge in [-0.25, -0.2) is 9.78 Å². The smallest absolute Gasteiger partial charge is 0.341 e. The second-order valence-corrected chi connectivity index (χ2v) is 6.88. The summed E-state index contributed by atoms with van der Waals surface area (Å²) in [5.41, 5.74) is 10.3. The molecule has 2 aromatic heterocycles. The Kier molecular flexibility index (Phi) is 5.73. The number of methoxy groups -OCH3 is 2. The lowest BCUT2D eigenvalue weighted by molar-refractivity contribution is -0.111. The number of hydrogen-bond donors (Lipinski definition) is 2. The molecule has 0 aliphatic heterocycles. The van der Waals surface area contributed by atoms with Crippen molar-refractivity contribution in [3.8, 4) is 28.1 Å². The Morgan fingerprint density at radius 1 is 1.12 bits per heavy atom. The minimum atomic E-state index is -0.515. The van der Waals surface area contributed by atoms with E-state index < -0.39 is 5.97 Å². The van der Waals surface area contributed by atoms with Crippen LogP contribution in [-0.2, 0) is 9.53 Å². The number of nitrogens with one attached hydrogen (secondary N) is 1. The summed E-state index contributed by atoms with van der Waals surface area (Å²) in [6, 6.07) is 12.2. The molecule has 10 nitrogen and oxygen atoms in total. The summed E-state index contributed by atoms with van der Waals surface area (Å²) in [4.78, 5) is 27.8. The number of amides is 1. The Morgan fingerprint density at radius 3 is 2.52 bits per heavy atom. The van der Waals surface area contributed by atoms with Crippen molar-refractivity contribution in [2.24, 2.45) is 0 Å². The summed E-state index contributed by atoms with van der Waals surface area (Å²) in [6.07, 6.45) is 2.51. The van der Waals surface area contributed by atoms with Gasteiger partial charge in [-0.05, 0) is 35.9 Å². The van der Waals surface area contributed by atoms with E-state index in [1.807, 2.05) is 12.1 Å². The molecule has 0 radical (unpaired) electrons.